The fraction of sp³-hybridized carbons (Fsp3) is 0.550. The van der Waals surface area contributed by atoms with E-state index in [9.17, 15) is 0 Å². The van der Waals surface area contributed by atoms with E-state index in [0.29, 0.717) is 5.41 Å². The van der Waals surface area contributed by atoms with Crippen LogP contribution in [0.25, 0.3) is 11.3 Å². The Morgan fingerprint density at radius 3 is 2.14 bits per heavy atom. The van der Waals surface area contributed by atoms with E-state index in [1.165, 1.54) is 59.7 Å². The molecule has 1 heterocycles. The summed E-state index contributed by atoms with van der Waals surface area (Å²) >= 11 is 1.99. The Morgan fingerprint density at radius 1 is 0.955 bits per heavy atom. The molecule has 0 atom stereocenters. The number of aryl methyl sites for hydroxylation is 1. The van der Waals surface area contributed by atoms with Crippen LogP contribution < -0.4 is 0 Å². The van der Waals surface area contributed by atoms with Crippen LogP contribution in [0.5, 0.6) is 0 Å². The van der Waals surface area contributed by atoms with Crippen LogP contribution in [0.4, 0.5) is 0 Å². The van der Waals surface area contributed by atoms with Crippen molar-refractivity contribution in [1.82, 2.24) is 4.98 Å². The molecular formula is C20H23NS. The third kappa shape index (κ3) is 1.93. The second-order valence-corrected chi connectivity index (χ2v) is 9.19. The minimum atomic E-state index is 0.442. The smallest absolute Gasteiger partial charge is 0.0997 e. The first kappa shape index (κ1) is 13.3. The fourth-order valence-electron chi connectivity index (χ4n) is 5.86. The Kier molecular flexibility index (Phi) is 2.83. The average Bonchev–Trinajstić information content (AvgIpc) is 2.90. The second kappa shape index (κ2) is 4.67. The zero-order valence-electron chi connectivity index (χ0n) is 13.2. The fourth-order valence-corrected chi connectivity index (χ4v) is 7.01. The molecule has 4 saturated carbocycles. The maximum absolute atomic E-state index is 5.19. The Hall–Kier alpha value is -1.15. The predicted molar refractivity (Wildman–Crippen MR) is 92.1 cm³/mol. The Bertz CT molecular complexity index is 664. The Morgan fingerprint density at radius 2 is 1.55 bits per heavy atom. The van der Waals surface area contributed by atoms with E-state index < -0.39 is 0 Å². The van der Waals surface area contributed by atoms with Crippen molar-refractivity contribution >= 4 is 11.3 Å². The SMILES string of the molecule is Cc1sc(C23CC4CC(CC(C4)C2)C3)nc1-c1ccccc1. The van der Waals surface area contributed by atoms with Crippen LogP contribution in [0.3, 0.4) is 0 Å². The lowest BCUT2D eigenvalue weighted by atomic mass is 9.50. The van der Waals surface area contributed by atoms with Gasteiger partial charge in [0.05, 0.1) is 10.7 Å². The summed E-state index contributed by atoms with van der Waals surface area (Å²) in [6.45, 7) is 2.25. The molecule has 4 aliphatic rings. The van der Waals surface area contributed by atoms with Gasteiger partial charge in [0, 0.05) is 15.9 Å². The minimum absolute atomic E-state index is 0.442. The topological polar surface area (TPSA) is 12.9 Å². The van der Waals surface area contributed by atoms with Crippen LogP contribution in [0.1, 0.15) is 48.4 Å². The van der Waals surface area contributed by atoms with Crippen LogP contribution in [0, 0.1) is 24.7 Å². The lowest BCUT2D eigenvalue weighted by Crippen LogP contribution is -2.48. The van der Waals surface area contributed by atoms with Gasteiger partial charge >= 0.3 is 0 Å². The van der Waals surface area contributed by atoms with Crippen LogP contribution in [0.15, 0.2) is 30.3 Å². The van der Waals surface area contributed by atoms with E-state index in [0.717, 1.165) is 17.8 Å². The molecule has 0 unspecified atom stereocenters. The highest BCUT2D eigenvalue weighted by Gasteiger charge is 2.53. The van der Waals surface area contributed by atoms with Gasteiger partial charge in [-0.15, -0.1) is 11.3 Å². The molecule has 1 aromatic heterocycles. The van der Waals surface area contributed by atoms with Crippen molar-refractivity contribution in [2.75, 3.05) is 0 Å². The first-order chi connectivity index (χ1) is 10.7. The Labute approximate surface area is 136 Å². The first-order valence-corrected chi connectivity index (χ1v) is 9.57. The van der Waals surface area contributed by atoms with Crippen molar-refractivity contribution in [2.24, 2.45) is 17.8 Å². The van der Waals surface area contributed by atoms with Gasteiger partial charge in [-0.3, -0.25) is 0 Å². The molecule has 0 radical (unpaired) electrons. The number of hydrogen-bond donors (Lipinski definition) is 0. The van der Waals surface area contributed by atoms with Gasteiger partial charge in [-0.1, -0.05) is 30.3 Å². The number of aromatic nitrogens is 1. The molecule has 0 amide bonds. The van der Waals surface area contributed by atoms with Gasteiger partial charge in [0.1, 0.15) is 0 Å². The van der Waals surface area contributed by atoms with Gasteiger partial charge in [0.2, 0.25) is 0 Å². The number of nitrogens with zero attached hydrogens (tertiary/aromatic N) is 1. The van der Waals surface area contributed by atoms with Crippen molar-refractivity contribution in [3.8, 4) is 11.3 Å². The van der Waals surface area contributed by atoms with Gasteiger partial charge in [-0.05, 0) is 63.2 Å². The standard InChI is InChI=1S/C20H23NS/c1-13-18(17-5-3-2-4-6-17)21-19(22-13)20-10-14-7-15(11-20)9-16(8-14)12-20/h2-6,14-16H,7-12H2,1H3. The number of benzene rings is 1. The maximum Gasteiger partial charge on any atom is 0.0997 e. The van der Waals surface area contributed by atoms with Crippen molar-refractivity contribution < 1.29 is 0 Å². The lowest BCUT2D eigenvalue weighted by Gasteiger charge is -2.56. The van der Waals surface area contributed by atoms with Crippen molar-refractivity contribution in [3.05, 3.63) is 40.2 Å². The third-order valence-corrected chi connectivity index (χ3v) is 7.55. The zero-order valence-corrected chi connectivity index (χ0v) is 14.0. The lowest BCUT2D eigenvalue weighted by molar-refractivity contribution is -0.00524. The van der Waals surface area contributed by atoms with E-state index in [2.05, 4.69) is 37.3 Å². The first-order valence-electron chi connectivity index (χ1n) is 8.75. The van der Waals surface area contributed by atoms with Gasteiger partial charge in [-0.2, -0.15) is 0 Å². The molecule has 0 spiro atoms. The minimum Gasteiger partial charge on any atom is -0.240 e. The highest BCUT2D eigenvalue weighted by atomic mass is 32.1. The number of rotatable bonds is 2. The molecule has 4 fully saturated rings. The monoisotopic (exact) mass is 309 g/mol. The summed E-state index contributed by atoms with van der Waals surface area (Å²) in [5.41, 5.74) is 2.96. The average molecular weight is 309 g/mol. The van der Waals surface area contributed by atoms with Crippen LogP contribution in [-0.2, 0) is 5.41 Å². The molecule has 2 heteroatoms. The normalized spacial score (nSPS) is 36.0. The summed E-state index contributed by atoms with van der Waals surface area (Å²) in [6.07, 6.45) is 8.78. The molecule has 0 N–H and O–H groups in total. The molecule has 2 aromatic rings. The third-order valence-electron chi connectivity index (χ3n) is 6.34. The summed E-state index contributed by atoms with van der Waals surface area (Å²) in [5, 5.41) is 1.46. The predicted octanol–water partition coefficient (Wildman–Crippen LogP) is 5.59. The molecule has 1 aromatic carbocycles. The molecule has 4 aliphatic carbocycles. The van der Waals surface area contributed by atoms with E-state index in [-0.39, 0.29) is 0 Å². The maximum atomic E-state index is 5.19. The molecular weight excluding hydrogens is 286 g/mol. The Balaban J connectivity index is 1.57. The summed E-state index contributed by atoms with van der Waals surface area (Å²) in [4.78, 5) is 6.59. The largest absolute Gasteiger partial charge is 0.240 e. The molecule has 0 aliphatic heterocycles. The van der Waals surface area contributed by atoms with Crippen molar-refractivity contribution in [2.45, 2.75) is 50.9 Å². The summed E-state index contributed by atoms with van der Waals surface area (Å²) < 4.78 is 0. The molecule has 114 valence electrons. The van der Waals surface area contributed by atoms with E-state index in [1.807, 2.05) is 11.3 Å². The van der Waals surface area contributed by atoms with E-state index in [1.54, 1.807) is 0 Å². The molecule has 22 heavy (non-hydrogen) atoms. The van der Waals surface area contributed by atoms with E-state index >= 15 is 0 Å². The second-order valence-electron chi connectivity index (χ2n) is 7.99. The highest BCUT2D eigenvalue weighted by molar-refractivity contribution is 7.12. The highest BCUT2D eigenvalue weighted by Crippen LogP contribution is 2.61. The molecule has 6 rings (SSSR count). The summed E-state index contributed by atoms with van der Waals surface area (Å²) in [7, 11) is 0. The van der Waals surface area contributed by atoms with Crippen molar-refractivity contribution in [1.29, 1.82) is 0 Å². The molecule has 1 nitrogen and oxygen atoms in total. The number of thiazole rings is 1. The van der Waals surface area contributed by atoms with Crippen molar-refractivity contribution in [3.63, 3.8) is 0 Å². The van der Waals surface area contributed by atoms with Crippen LogP contribution in [0.2, 0.25) is 0 Å². The van der Waals surface area contributed by atoms with Gasteiger partial charge < -0.3 is 0 Å². The van der Waals surface area contributed by atoms with Gasteiger partial charge in [0.15, 0.2) is 0 Å². The summed E-state index contributed by atoms with van der Waals surface area (Å²) in [6, 6.07) is 10.7. The summed E-state index contributed by atoms with van der Waals surface area (Å²) in [5.74, 6) is 2.99. The van der Waals surface area contributed by atoms with Gasteiger partial charge in [-0.25, -0.2) is 4.98 Å². The quantitative estimate of drug-likeness (QED) is 0.705. The van der Waals surface area contributed by atoms with Crippen LogP contribution in [-0.4, -0.2) is 4.98 Å². The molecule has 4 bridgehead atoms. The van der Waals surface area contributed by atoms with E-state index in [4.69, 9.17) is 4.98 Å². The van der Waals surface area contributed by atoms with Gasteiger partial charge in [0.25, 0.3) is 0 Å². The molecule has 0 saturated heterocycles. The van der Waals surface area contributed by atoms with Crippen LogP contribution >= 0.6 is 11.3 Å². The number of hydrogen-bond acceptors (Lipinski definition) is 2. The zero-order chi connectivity index (χ0) is 14.7.